The molecule has 2 aromatic heterocycles. The Bertz CT molecular complexity index is 1110. The molecule has 7 nitrogen and oxygen atoms in total. The third-order valence-electron chi connectivity index (χ3n) is 4.31. The lowest BCUT2D eigenvalue weighted by atomic mass is 10.1. The summed E-state index contributed by atoms with van der Waals surface area (Å²) in [6, 6.07) is 20.2. The molecule has 0 radical (unpaired) electrons. The van der Waals surface area contributed by atoms with Crippen LogP contribution in [0.4, 0.5) is 5.69 Å². The van der Waals surface area contributed by atoms with E-state index in [9.17, 15) is 4.79 Å². The van der Waals surface area contributed by atoms with Crippen LogP contribution in [0.3, 0.4) is 0 Å². The van der Waals surface area contributed by atoms with Crippen LogP contribution in [0.5, 0.6) is 0 Å². The third-order valence-corrected chi connectivity index (χ3v) is 5.76. The van der Waals surface area contributed by atoms with Crippen LogP contribution < -0.4 is 5.32 Å². The van der Waals surface area contributed by atoms with Crippen LogP contribution in [0.15, 0.2) is 89.2 Å². The van der Waals surface area contributed by atoms with Crippen LogP contribution in [-0.2, 0) is 11.2 Å². The molecular formula is C21H17ClN6OS. The van der Waals surface area contributed by atoms with Crippen LogP contribution in [0.2, 0.25) is 5.02 Å². The Kier molecular flexibility index (Phi) is 6.36. The van der Waals surface area contributed by atoms with E-state index < -0.39 is 6.04 Å². The minimum absolute atomic E-state index is 0.229. The van der Waals surface area contributed by atoms with Gasteiger partial charge in [-0.3, -0.25) is 4.79 Å². The monoisotopic (exact) mass is 436 g/mol. The van der Waals surface area contributed by atoms with Gasteiger partial charge in [0.1, 0.15) is 17.4 Å². The molecule has 0 saturated heterocycles. The fraction of sp³-hybridized carbons (Fsp3) is 0.0952. The number of amides is 1. The molecule has 4 aromatic rings. The van der Waals surface area contributed by atoms with E-state index in [0.717, 1.165) is 15.5 Å². The molecule has 1 atom stereocenters. The van der Waals surface area contributed by atoms with E-state index in [2.05, 4.69) is 25.8 Å². The van der Waals surface area contributed by atoms with Crippen LogP contribution in [0.1, 0.15) is 11.6 Å². The summed E-state index contributed by atoms with van der Waals surface area (Å²) in [5, 5.41) is 15.5. The normalized spacial score (nSPS) is 11.8. The first kappa shape index (κ1) is 20.1. The quantitative estimate of drug-likeness (QED) is 0.465. The summed E-state index contributed by atoms with van der Waals surface area (Å²) in [7, 11) is 0. The highest BCUT2D eigenvalue weighted by atomic mass is 35.5. The van der Waals surface area contributed by atoms with E-state index in [-0.39, 0.29) is 5.91 Å². The maximum Gasteiger partial charge on any atom is 0.249 e. The van der Waals surface area contributed by atoms with E-state index in [1.165, 1.54) is 22.8 Å². The van der Waals surface area contributed by atoms with Gasteiger partial charge in [0.25, 0.3) is 0 Å². The predicted octanol–water partition coefficient (Wildman–Crippen LogP) is 4.30. The third kappa shape index (κ3) is 5.03. The lowest BCUT2D eigenvalue weighted by Gasteiger charge is -2.17. The van der Waals surface area contributed by atoms with Crippen LogP contribution in [0, 0.1) is 0 Å². The number of rotatable bonds is 7. The summed E-state index contributed by atoms with van der Waals surface area (Å²) in [4.78, 5) is 18.2. The Labute approximate surface area is 182 Å². The van der Waals surface area contributed by atoms with Crippen LogP contribution >= 0.6 is 23.4 Å². The predicted molar refractivity (Wildman–Crippen MR) is 115 cm³/mol. The van der Waals surface area contributed by atoms with Crippen molar-refractivity contribution in [3.8, 4) is 0 Å². The highest BCUT2D eigenvalue weighted by Crippen LogP contribution is 2.34. The number of anilines is 1. The summed E-state index contributed by atoms with van der Waals surface area (Å²) >= 11 is 7.90. The Morgan fingerprint density at radius 3 is 2.63 bits per heavy atom. The molecule has 0 aliphatic rings. The number of aromatic nitrogens is 5. The Morgan fingerprint density at radius 1 is 1.10 bits per heavy atom. The molecule has 0 bridgehead atoms. The number of carbonyl (C=O) groups excluding carboxylic acids is 1. The van der Waals surface area contributed by atoms with Crippen LogP contribution in [0.25, 0.3) is 0 Å². The zero-order chi connectivity index (χ0) is 20.8. The molecule has 0 aliphatic carbocycles. The number of carbonyl (C=O) groups is 1. The van der Waals surface area contributed by atoms with Crippen molar-refractivity contribution >= 4 is 35.0 Å². The molecule has 2 aromatic carbocycles. The van der Waals surface area contributed by atoms with Crippen molar-refractivity contribution in [2.24, 2.45) is 0 Å². The molecule has 0 spiro atoms. The standard InChI is InChI=1S/C21H17ClN6OS/c22-17-13-16(9-10-19(17)30-20-8-4-5-11-23-20)25-21(29)18(28-14-24-26-27-28)12-15-6-2-1-3-7-15/h1-11,13-14,18H,12H2,(H,25,29)/t18-/m1/s1. The van der Waals surface area contributed by atoms with E-state index in [1.54, 1.807) is 12.3 Å². The molecule has 150 valence electrons. The van der Waals surface area contributed by atoms with Gasteiger partial charge >= 0.3 is 0 Å². The van der Waals surface area contributed by atoms with Gasteiger partial charge in [-0.05, 0) is 46.3 Å². The highest BCUT2D eigenvalue weighted by Gasteiger charge is 2.22. The Hall–Kier alpha value is -3.23. The number of nitrogens with zero attached hydrogens (tertiary/aromatic N) is 5. The molecule has 0 aliphatic heterocycles. The molecule has 0 unspecified atom stereocenters. The fourth-order valence-electron chi connectivity index (χ4n) is 2.86. The summed E-state index contributed by atoms with van der Waals surface area (Å²) in [5.74, 6) is -0.229. The van der Waals surface area contributed by atoms with Crippen molar-refractivity contribution in [1.29, 1.82) is 0 Å². The smallest absolute Gasteiger partial charge is 0.249 e. The average molecular weight is 437 g/mol. The second kappa shape index (κ2) is 9.51. The topological polar surface area (TPSA) is 85.6 Å². The van der Waals surface area contributed by atoms with Crippen molar-refractivity contribution in [3.05, 3.63) is 89.8 Å². The summed E-state index contributed by atoms with van der Waals surface area (Å²) in [6.07, 6.45) is 3.63. The average Bonchev–Trinajstić information content (AvgIpc) is 3.30. The first-order valence-corrected chi connectivity index (χ1v) is 10.3. The second-order valence-corrected chi connectivity index (χ2v) is 7.87. The number of hydrogen-bond acceptors (Lipinski definition) is 6. The number of hydrogen-bond donors (Lipinski definition) is 1. The van der Waals surface area contributed by atoms with E-state index in [1.807, 2.05) is 60.7 Å². The molecule has 1 amide bonds. The van der Waals surface area contributed by atoms with Gasteiger partial charge in [-0.2, -0.15) is 0 Å². The Morgan fingerprint density at radius 2 is 1.93 bits per heavy atom. The number of tetrazole rings is 1. The van der Waals surface area contributed by atoms with Crippen molar-refractivity contribution < 1.29 is 4.79 Å². The minimum atomic E-state index is -0.594. The number of halogens is 1. The summed E-state index contributed by atoms with van der Waals surface area (Å²) in [5.41, 5.74) is 1.61. The zero-order valence-electron chi connectivity index (χ0n) is 15.7. The zero-order valence-corrected chi connectivity index (χ0v) is 17.3. The first-order chi connectivity index (χ1) is 14.7. The maximum absolute atomic E-state index is 13.0. The van der Waals surface area contributed by atoms with Gasteiger partial charge in [0, 0.05) is 23.2 Å². The molecule has 0 saturated carbocycles. The minimum Gasteiger partial charge on any atom is -0.324 e. The fourth-order valence-corrected chi connectivity index (χ4v) is 3.94. The maximum atomic E-state index is 13.0. The van der Waals surface area contributed by atoms with Gasteiger partial charge in [0.05, 0.1) is 5.02 Å². The van der Waals surface area contributed by atoms with E-state index in [4.69, 9.17) is 11.6 Å². The van der Waals surface area contributed by atoms with Gasteiger partial charge in [0.15, 0.2) is 0 Å². The number of nitrogens with one attached hydrogen (secondary N) is 1. The molecule has 9 heteroatoms. The van der Waals surface area contributed by atoms with Gasteiger partial charge in [0.2, 0.25) is 5.91 Å². The number of benzene rings is 2. The SMILES string of the molecule is O=C(Nc1ccc(Sc2ccccn2)c(Cl)c1)[C@@H](Cc1ccccc1)n1cnnn1. The first-order valence-electron chi connectivity index (χ1n) is 9.15. The molecule has 4 rings (SSSR count). The van der Waals surface area contributed by atoms with Crippen molar-refractivity contribution in [2.75, 3.05) is 5.32 Å². The van der Waals surface area contributed by atoms with Gasteiger partial charge in [-0.1, -0.05) is 59.8 Å². The summed E-state index contributed by atoms with van der Waals surface area (Å²) in [6.45, 7) is 0. The molecule has 1 N–H and O–H groups in total. The lowest BCUT2D eigenvalue weighted by molar-refractivity contribution is -0.119. The number of pyridine rings is 1. The Balaban J connectivity index is 1.50. The van der Waals surface area contributed by atoms with Gasteiger partial charge < -0.3 is 5.32 Å². The van der Waals surface area contributed by atoms with Crippen LogP contribution in [-0.4, -0.2) is 31.1 Å². The van der Waals surface area contributed by atoms with E-state index in [0.29, 0.717) is 17.1 Å². The van der Waals surface area contributed by atoms with Crippen molar-refractivity contribution in [2.45, 2.75) is 22.4 Å². The van der Waals surface area contributed by atoms with E-state index >= 15 is 0 Å². The van der Waals surface area contributed by atoms with Crippen molar-refractivity contribution in [3.63, 3.8) is 0 Å². The molecule has 2 heterocycles. The summed E-state index contributed by atoms with van der Waals surface area (Å²) < 4.78 is 1.45. The van der Waals surface area contributed by atoms with Gasteiger partial charge in [-0.25, -0.2) is 9.67 Å². The molecular weight excluding hydrogens is 420 g/mol. The highest BCUT2D eigenvalue weighted by molar-refractivity contribution is 7.99. The molecule has 30 heavy (non-hydrogen) atoms. The van der Waals surface area contributed by atoms with Gasteiger partial charge in [-0.15, -0.1) is 5.10 Å². The van der Waals surface area contributed by atoms with Crippen molar-refractivity contribution in [1.82, 2.24) is 25.2 Å². The molecule has 0 fully saturated rings. The second-order valence-electron chi connectivity index (χ2n) is 6.40. The lowest BCUT2D eigenvalue weighted by Crippen LogP contribution is -2.28. The largest absolute Gasteiger partial charge is 0.324 e.